The van der Waals surface area contributed by atoms with E-state index in [1.165, 1.54) is 13.2 Å². The molecule has 1 atom stereocenters. The van der Waals surface area contributed by atoms with Crippen molar-refractivity contribution in [3.05, 3.63) is 42.2 Å². The van der Waals surface area contributed by atoms with Gasteiger partial charge >= 0.3 is 0 Å². The second-order valence-corrected chi connectivity index (χ2v) is 3.65. The fourth-order valence-electron chi connectivity index (χ4n) is 1.47. The normalized spacial score (nSPS) is 12.2. The number of hydrogen-bond acceptors (Lipinski definition) is 2. The molecule has 0 heterocycles. The standard InChI is InChI=1S/C13H18FNO/c1-4-5-8-15-10(2)11-6-7-13(16-3)12(14)9-11/h4,6-7,9-10,15H,1,5,8H2,2-3H3/t10-/m0/s1. The van der Waals surface area contributed by atoms with Crippen LogP contribution in [-0.4, -0.2) is 13.7 Å². The van der Waals surface area contributed by atoms with Gasteiger partial charge in [-0.15, -0.1) is 6.58 Å². The topological polar surface area (TPSA) is 21.3 Å². The third-order valence-electron chi connectivity index (χ3n) is 2.47. The minimum atomic E-state index is -0.322. The van der Waals surface area contributed by atoms with Gasteiger partial charge in [0.15, 0.2) is 11.6 Å². The van der Waals surface area contributed by atoms with Gasteiger partial charge in [-0.1, -0.05) is 12.1 Å². The third kappa shape index (κ3) is 3.35. The summed E-state index contributed by atoms with van der Waals surface area (Å²) >= 11 is 0. The Morgan fingerprint density at radius 3 is 2.88 bits per heavy atom. The van der Waals surface area contributed by atoms with Crippen LogP contribution < -0.4 is 10.1 Å². The molecule has 0 saturated heterocycles. The molecule has 0 radical (unpaired) electrons. The first kappa shape index (κ1) is 12.7. The molecule has 88 valence electrons. The molecule has 1 rings (SSSR count). The van der Waals surface area contributed by atoms with Gasteiger partial charge in [0.25, 0.3) is 0 Å². The predicted octanol–water partition coefficient (Wildman–Crippen LogP) is 3.06. The lowest BCUT2D eigenvalue weighted by atomic mass is 10.1. The van der Waals surface area contributed by atoms with Crippen LogP contribution in [0.3, 0.4) is 0 Å². The van der Waals surface area contributed by atoms with E-state index in [1.807, 2.05) is 19.1 Å². The molecule has 1 aromatic carbocycles. The maximum absolute atomic E-state index is 13.4. The van der Waals surface area contributed by atoms with Crippen molar-refractivity contribution < 1.29 is 9.13 Å². The minimum Gasteiger partial charge on any atom is -0.494 e. The molecular weight excluding hydrogens is 205 g/mol. The second-order valence-electron chi connectivity index (χ2n) is 3.65. The van der Waals surface area contributed by atoms with E-state index in [0.29, 0.717) is 0 Å². The van der Waals surface area contributed by atoms with Crippen LogP contribution in [0.4, 0.5) is 4.39 Å². The highest BCUT2D eigenvalue weighted by Gasteiger charge is 2.08. The molecule has 16 heavy (non-hydrogen) atoms. The molecule has 0 aliphatic heterocycles. The summed E-state index contributed by atoms with van der Waals surface area (Å²) in [6.07, 6.45) is 2.76. The lowest BCUT2D eigenvalue weighted by molar-refractivity contribution is 0.385. The van der Waals surface area contributed by atoms with E-state index in [2.05, 4.69) is 11.9 Å². The Labute approximate surface area is 96.1 Å². The van der Waals surface area contributed by atoms with Gasteiger partial charge in [-0.05, 0) is 37.6 Å². The van der Waals surface area contributed by atoms with Crippen molar-refractivity contribution in [1.29, 1.82) is 0 Å². The Hall–Kier alpha value is -1.35. The second kappa shape index (κ2) is 6.28. The molecule has 0 unspecified atom stereocenters. The van der Waals surface area contributed by atoms with Crippen LogP contribution in [0.25, 0.3) is 0 Å². The minimum absolute atomic E-state index is 0.125. The zero-order chi connectivity index (χ0) is 12.0. The van der Waals surface area contributed by atoms with Crippen LogP contribution in [0.15, 0.2) is 30.9 Å². The summed E-state index contributed by atoms with van der Waals surface area (Å²) in [5, 5.41) is 3.29. The number of hydrogen-bond donors (Lipinski definition) is 1. The summed E-state index contributed by atoms with van der Waals surface area (Å²) < 4.78 is 18.3. The maximum atomic E-state index is 13.4. The molecule has 0 amide bonds. The molecule has 2 nitrogen and oxygen atoms in total. The van der Waals surface area contributed by atoms with Crippen LogP contribution >= 0.6 is 0 Å². The highest BCUT2D eigenvalue weighted by atomic mass is 19.1. The van der Waals surface area contributed by atoms with Crippen LogP contribution in [-0.2, 0) is 0 Å². The van der Waals surface area contributed by atoms with Crippen molar-refractivity contribution >= 4 is 0 Å². The van der Waals surface area contributed by atoms with Gasteiger partial charge < -0.3 is 10.1 Å². The zero-order valence-electron chi connectivity index (χ0n) is 9.79. The summed E-state index contributed by atoms with van der Waals surface area (Å²) in [7, 11) is 1.46. The van der Waals surface area contributed by atoms with E-state index >= 15 is 0 Å². The number of halogens is 1. The van der Waals surface area contributed by atoms with E-state index in [4.69, 9.17) is 4.74 Å². The largest absolute Gasteiger partial charge is 0.494 e. The van der Waals surface area contributed by atoms with Crippen LogP contribution in [0, 0.1) is 5.82 Å². The maximum Gasteiger partial charge on any atom is 0.165 e. The average Bonchev–Trinajstić information content (AvgIpc) is 2.29. The fourth-order valence-corrected chi connectivity index (χ4v) is 1.47. The first-order valence-electron chi connectivity index (χ1n) is 5.36. The van der Waals surface area contributed by atoms with Crippen molar-refractivity contribution in [2.24, 2.45) is 0 Å². The van der Waals surface area contributed by atoms with Gasteiger partial charge in [0, 0.05) is 6.04 Å². The Bertz CT molecular complexity index is 352. The molecule has 0 aliphatic carbocycles. The number of rotatable bonds is 6. The van der Waals surface area contributed by atoms with Crippen LogP contribution in [0.2, 0.25) is 0 Å². The summed E-state index contributed by atoms with van der Waals surface area (Å²) in [4.78, 5) is 0. The molecule has 0 aliphatic rings. The van der Waals surface area contributed by atoms with Gasteiger partial charge in [-0.25, -0.2) is 4.39 Å². The van der Waals surface area contributed by atoms with E-state index in [1.54, 1.807) is 6.07 Å². The summed E-state index contributed by atoms with van der Waals surface area (Å²) in [6, 6.07) is 5.15. The van der Waals surface area contributed by atoms with Crippen molar-refractivity contribution in [3.8, 4) is 5.75 Å². The van der Waals surface area contributed by atoms with Gasteiger partial charge in [0.05, 0.1) is 7.11 Å². The predicted molar refractivity (Wildman–Crippen MR) is 64.2 cm³/mol. The Morgan fingerprint density at radius 2 is 2.31 bits per heavy atom. The molecule has 0 saturated carbocycles. The fraction of sp³-hybridized carbons (Fsp3) is 0.385. The van der Waals surface area contributed by atoms with Gasteiger partial charge in [-0.2, -0.15) is 0 Å². The van der Waals surface area contributed by atoms with Gasteiger partial charge in [0.1, 0.15) is 0 Å². The number of ether oxygens (including phenoxy) is 1. The van der Waals surface area contributed by atoms with Crippen LogP contribution in [0.1, 0.15) is 24.9 Å². The van der Waals surface area contributed by atoms with E-state index in [-0.39, 0.29) is 17.6 Å². The molecule has 0 fully saturated rings. The van der Waals surface area contributed by atoms with Crippen molar-refractivity contribution in [2.75, 3.05) is 13.7 Å². The quantitative estimate of drug-likeness (QED) is 0.591. The van der Waals surface area contributed by atoms with E-state index in [9.17, 15) is 4.39 Å². The number of methoxy groups -OCH3 is 1. The van der Waals surface area contributed by atoms with Crippen LogP contribution in [0.5, 0.6) is 5.75 Å². The first-order valence-corrected chi connectivity index (χ1v) is 5.36. The molecule has 0 spiro atoms. The van der Waals surface area contributed by atoms with Crippen molar-refractivity contribution in [3.63, 3.8) is 0 Å². The molecule has 3 heteroatoms. The smallest absolute Gasteiger partial charge is 0.165 e. The third-order valence-corrected chi connectivity index (χ3v) is 2.47. The average molecular weight is 223 g/mol. The lowest BCUT2D eigenvalue weighted by Gasteiger charge is -2.14. The van der Waals surface area contributed by atoms with Crippen molar-refractivity contribution in [1.82, 2.24) is 5.32 Å². The molecule has 1 aromatic rings. The summed E-state index contributed by atoms with van der Waals surface area (Å²) in [6.45, 7) is 6.50. The Balaban J connectivity index is 2.65. The molecule has 0 aromatic heterocycles. The summed E-state index contributed by atoms with van der Waals surface area (Å²) in [5.74, 6) is -0.0422. The van der Waals surface area contributed by atoms with E-state index < -0.39 is 0 Å². The molecule has 0 bridgehead atoms. The SMILES string of the molecule is C=CCCN[C@@H](C)c1ccc(OC)c(F)c1. The summed E-state index contributed by atoms with van der Waals surface area (Å²) in [5.41, 5.74) is 0.919. The number of benzene rings is 1. The van der Waals surface area contributed by atoms with Gasteiger partial charge in [0.2, 0.25) is 0 Å². The Morgan fingerprint density at radius 1 is 1.56 bits per heavy atom. The first-order chi connectivity index (χ1) is 7.69. The highest BCUT2D eigenvalue weighted by Crippen LogP contribution is 2.21. The molecular formula is C13H18FNO. The zero-order valence-corrected chi connectivity index (χ0v) is 9.79. The monoisotopic (exact) mass is 223 g/mol. The lowest BCUT2D eigenvalue weighted by Crippen LogP contribution is -2.19. The Kier molecular flexibility index (Phi) is 4.99. The highest BCUT2D eigenvalue weighted by molar-refractivity contribution is 5.30. The molecule has 1 N–H and O–H groups in total. The van der Waals surface area contributed by atoms with Crippen molar-refractivity contribution in [2.45, 2.75) is 19.4 Å². The van der Waals surface area contributed by atoms with E-state index in [0.717, 1.165) is 18.5 Å². The number of nitrogens with one attached hydrogen (secondary N) is 1. The van der Waals surface area contributed by atoms with Gasteiger partial charge in [-0.3, -0.25) is 0 Å².